The Morgan fingerprint density at radius 2 is 1.61 bits per heavy atom. The molecule has 0 spiro atoms. The van der Waals surface area contributed by atoms with Crippen LogP contribution in [0.5, 0.6) is 0 Å². The molecule has 4 aromatic rings. The van der Waals surface area contributed by atoms with Crippen molar-refractivity contribution in [3.05, 3.63) is 115 Å². The van der Waals surface area contributed by atoms with Gasteiger partial charge in [0.25, 0.3) is 11.5 Å². The van der Waals surface area contributed by atoms with Crippen molar-refractivity contribution in [3.63, 3.8) is 0 Å². The second-order valence-electron chi connectivity index (χ2n) is 8.56. The van der Waals surface area contributed by atoms with Gasteiger partial charge >= 0.3 is 5.91 Å². The summed E-state index contributed by atoms with van der Waals surface area (Å²) in [6.45, 7) is 0. The van der Waals surface area contributed by atoms with Crippen molar-refractivity contribution in [1.29, 1.82) is 0 Å². The van der Waals surface area contributed by atoms with Crippen LogP contribution in [0.3, 0.4) is 0 Å². The Bertz CT molecular complexity index is 1870. The zero-order valence-corrected chi connectivity index (χ0v) is 24.1. The number of rotatable bonds is 6. The summed E-state index contributed by atoms with van der Waals surface area (Å²) in [6, 6.07) is 13.2. The fourth-order valence-electron chi connectivity index (χ4n) is 4.16. The SMILES string of the molecule is O=C1C(=O)N(c2ncc(S(=O)(=O)c3ccc([N+](=O)[O-])cc3)s2)C(c2ccc(Cl)cc2Cl)C1=C(O)c1ccc(Cl)cc1. The van der Waals surface area contributed by atoms with Gasteiger partial charge in [-0.3, -0.25) is 24.6 Å². The van der Waals surface area contributed by atoms with E-state index in [0.29, 0.717) is 16.4 Å². The molecule has 41 heavy (non-hydrogen) atoms. The number of halogens is 3. The molecule has 5 rings (SSSR count). The minimum Gasteiger partial charge on any atom is -0.507 e. The molecule has 1 aliphatic rings. The van der Waals surface area contributed by atoms with Crippen molar-refractivity contribution >= 4 is 84.2 Å². The lowest BCUT2D eigenvalue weighted by molar-refractivity contribution is -0.384. The molecule has 15 heteroatoms. The fourth-order valence-corrected chi connectivity index (χ4v) is 7.34. The molecule has 1 amide bonds. The molecule has 1 atom stereocenters. The van der Waals surface area contributed by atoms with E-state index < -0.39 is 38.3 Å². The number of carbonyl (C=O) groups is 2. The van der Waals surface area contributed by atoms with E-state index >= 15 is 0 Å². The zero-order valence-electron chi connectivity index (χ0n) is 20.2. The van der Waals surface area contributed by atoms with Gasteiger partial charge in [-0.15, -0.1) is 0 Å². The van der Waals surface area contributed by atoms with E-state index in [9.17, 15) is 33.2 Å². The number of hydrogen-bond acceptors (Lipinski definition) is 9. The third-order valence-electron chi connectivity index (χ3n) is 6.12. The molecule has 3 aromatic carbocycles. The quantitative estimate of drug-likeness (QED) is 0.0821. The van der Waals surface area contributed by atoms with Gasteiger partial charge in [-0.25, -0.2) is 13.4 Å². The van der Waals surface area contributed by atoms with Crippen molar-refractivity contribution in [1.82, 2.24) is 4.98 Å². The van der Waals surface area contributed by atoms with Crippen LogP contribution in [-0.4, -0.2) is 35.1 Å². The molecule has 1 unspecified atom stereocenters. The van der Waals surface area contributed by atoms with E-state index in [4.69, 9.17) is 34.8 Å². The molecule has 1 aliphatic heterocycles. The topological polar surface area (TPSA) is 148 Å². The Morgan fingerprint density at radius 1 is 0.976 bits per heavy atom. The molecular weight excluding hydrogens is 637 g/mol. The van der Waals surface area contributed by atoms with Gasteiger partial charge in [0.1, 0.15) is 9.97 Å². The maximum Gasteiger partial charge on any atom is 0.301 e. The monoisotopic (exact) mass is 649 g/mol. The Labute approximate surface area is 251 Å². The van der Waals surface area contributed by atoms with Gasteiger partial charge in [-0.1, -0.05) is 52.2 Å². The first kappa shape index (κ1) is 28.7. The standard InChI is InChI=1S/C26H14Cl3N3O7S2/c27-14-3-1-13(2-4-14)23(33)21-22(18-10-5-15(28)11-19(18)29)31(25(35)24(21)34)26-30-12-20(40-26)41(38,39)17-8-6-16(7-9-17)32(36)37/h1-12,22,33H. The lowest BCUT2D eigenvalue weighted by Gasteiger charge is -2.24. The number of carbonyl (C=O) groups excluding carboxylic acids is 2. The smallest absolute Gasteiger partial charge is 0.301 e. The number of amides is 1. The van der Waals surface area contributed by atoms with E-state index in [0.717, 1.165) is 35.4 Å². The number of non-ortho nitro benzene ring substituents is 1. The van der Waals surface area contributed by atoms with Gasteiger partial charge in [0, 0.05) is 32.8 Å². The molecule has 1 saturated heterocycles. The van der Waals surface area contributed by atoms with Gasteiger partial charge in [0.15, 0.2) is 5.13 Å². The van der Waals surface area contributed by atoms with Crippen LogP contribution in [0.2, 0.25) is 15.1 Å². The van der Waals surface area contributed by atoms with Gasteiger partial charge in [0.05, 0.1) is 27.6 Å². The van der Waals surface area contributed by atoms with Crippen LogP contribution in [0.15, 0.2) is 87.6 Å². The van der Waals surface area contributed by atoms with Crippen molar-refractivity contribution in [2.24, 2.45) is 0 Å². The Balaban J connectivity index is 1.65. The average Bonchev–Trinajstić information content (AvgIpc) is 3.52. The highest BCUT2D eigenvalue weighted by atomic mass is 35.5. The summed E-state index contributed by atoms with van der Waals surface area (Å²) in [6.07, 6.45) is 1.01. The van der Waals surface area contributed by atoms with Crippen LogP contribution in [0, 0.1) is 10.1 Å². The molecule has 0 aliphatic carbocycles. The molecule has 1 fully saturated rings. The molecule has 208 valence electrons. The summed E-state index contributed by atoms with van der Waals surface area (Å²) in [5.41, 5.74) is -0.182. The summed E-state index contributed by atoms with van der Waals surface area (Å²) in [5, 5.41) is 22.7. The van der Waals surface area contributed by atoms with Crippen LogP contribution >= 0.6 is 46.1 Å². The van der Waals surface area contributed by atoms with Crippen LogP contribution in [0.25, 0.3) is 5.76 Å². The largest absolute Gasteiger partial charge is 0.507 e. The first-order chi connectivity index (χ1) is 19.4. The number of nitro groups is 1. The van der Waals surface area contributed by atoms with Crippen molar-refractivity contribution < 1.29 is 28.0 Å². The van der Waals surface area contributed by atoms with Gasteiger partial charge in [0.2, 0.25) is 9.84 Å². The molecule has 10 nitrogen and oxygen atoms in total. The van der Waals surface area contributed by atoms with Crippen LogP contribution in [0.1, 0.15) is 17.2 Å². The Morgan fingerprint density at radius 3 is 2.22 bits per heavy atom. The number of aromatic nitrogens is 1. The van der Waals surface area contributed by atoms with E-state index in [1.54, 1.807) is 0 Å². The highest BCUT2D eigenvalue weighted by Gasteiger charge is 2.49. The molecule has 2 heterocycles. The predicted molar refractivity (Wildman–Crippen MR) is 153 cm³/mol. The maximum atomic E-state index is 13.4. The molecule has 0 bridgehead atoms. The number of sulfone groups is 1. The van der Waals surface area contributed by atoms with E-state index in [2.05, 4.69) is 4.98 Å². The summed E-state index contributed by atoms with van der Waals surface area (Å²) in [4.78, 5) is 41.9. The Kier molecular flexibility index (Phi) is 7.62. The third kappa shape index (κ3) is 5.20. The highest BCUT2D eigenvalue weighted by Crippen LogP contribution is 2.46. The number of thiazole rings is 1. The summed E-state index contributed by atoms with van der Waals surface area (Å²) < 4.78 is 26.2. The molecule has 1 aromatic heterocycles. The van der Waals surface area contributed by atoms with E-state index in [1.807, 2.05) is 0 Å². The second-order valence-corrected chi connectivity index (χ2v) is 13.0. The molecule has 1 N–H and O–H groups in total. The molecule has 0 saturated carbocycles. The lowest BCUT2D eigenvalue weighted by Crippen LogP contribution is -2.29. The fraction of sp³-hybridized carbons (Fsp3) is 0.0385. The van der Waals surface area contributed by atoms with E-state index in [1.165, 1.54) is 42.5 Å². The van der Waals surface area contributed by atoms with Crippen LogP contribution in [0.4, 0.5) is 10.8 Å². The van der Waals surface area contributed by atoms with Gasteiger partial charge < -0.3 is 5.11 Å². The lowest BCUT2D eigenvalue weighted by atomic mass is 9.95. The zero-order chi connectivity index (χ0) is 29.6. The number of nitro benzene ring substituents is 1. The molecule has 0 radical (unpaired) electrons. The minimum atomic E-state index is -4.20. The summed E-state index contributed by atoms with van der Waals surface area (Å²) in [5.74, 6) is -2.64. The van der Waals surface area contributed by atoms with Crippen molar-refractivity contribution in [2.45, 2.75) is 15.1 Å². The first-order valence-electron chi connectivity index (χ1n) is 11.4. The minimum absolute atomic E-state index is 0.0756. The van der Waals surface area contributed by atoms with Crippen LogP contribution < -0.4 is 4.90 Å². The van der Waals surface area contributed by atoms with Crippen molar-refractivity contribution in [3.8, 4) is 0 Å². The van der Waals surface area contributed by atoms with Crippen LogP contribution in [-0.2, 0) is 19.4 Å². The number of aliphatic hydroxyl groups is 1. The third-order valence-corrected chi connectivity index (χ3v) is 10.2. The number of benzene rings is 3. The number of hydrogen-bond donors (Lipinski definition) is 1. The van der Waals surface area contributed by atoms with E-state index in [-0.39, 0.29) is 46.7 Å². The average molecular weight is 651 g/mol. The Hall–Kier alpha value is -3.81. The number of aliphatic hydroxyl groups excluding tert-OH is 1. The normalized spacial score (nSPS) is 16.8. The number of Topliss-reactive ketones (excluding diaryl/α,β-unsaturated/α-hetero) is 1. The number of anilines is 1. The second kappa shape index (κ2) is 10.9. The van der Waals surface area contributed by atoms with Gasteiger partial charge in [-0.05, 0) is 54.1 Å². The number of ketones is 1. The number of nitrogens with zero attached hydrogens (tertiary/aromatic N) is 3. The highest BCUT2D eigenvalue weighted by molar-refractivity contribution is 7.93. The predicted octanol–water partition coefficient (Wildman–Crippen LogP) is 6.47. The van der Waals surface area contributed by atoms with Crippen molar-refractivity contribution in [2.75, 3.05) is 4.90 Å². The first-order valence-corrected chi connectivity index (χ1v) is 14.8. The van der Waals surface area contributed by atoms with Gasteiger partial charge in [-0.2, -0.15) is 0 Å². The molecular formula is C26H14Cl3N3O7S2. The summed E-state index contributed by atoms with van der Waals surface area (Å²) >= 11 is 19.1. The summed E-state index contributed by atoms with van der Waals surface area (Å²) in [7, 11) is -4.20. The maximum absolute atomic E-state index is 13.4.